The van der Waals surface area contributed by atoms with E-state index in [0.717, 1.165) is 31.2 Å². The molecule has 0 bridgehead atoms. The minimum absolute atomic E-state index is 0.178. The number of nitrogens with one attached hydrogen (secondary N) is 1. The average molecular weight is 240 g/mol. The van der Waals surface area contributed by atoms with Gasteiger partial charge in [-0.25, -0.2) is 0 Å². The highest BCUT2D eigenvalue weighted by atomic mass is 16.1. The van der Waals surface area contributed by atoms with E-state index in [-0.39, 0.29) is 5.91 Å². The lowest BCUT2D eigenvalue weighted by Crippen LogP contribution is -2.41. The van der Waals surface area contributed by atoms with Gasteiger partial charge in [0, 0.05) is 12.5 Å². The number of primary amides is 1. The van der Waals surface area contributed by atoms with Crippen LogP contribution in [0, 0.1) is 11.8 Å². The summed E-state index contributed by atoms with van der Waals surface area (Å²) in [6, 6.07) is 0.692. The van der Waals surface area contributed by atoms with Crippen LogP contribution in [0.4, 0.5) is 0 Å². The second-order valence-corrected chi connectivity index (χ2v) is 5.68. The summed E-state index contributed by atoms with van der Waals surface area (Å²) >= 11 is 0. The van der Waals surface area contributed by atoms with Crippen molar-refractivity contribution in [3.63, 3.8) is 0 Å². The normalized spacial score (nSPS) is 25.1. The van der Waals surface area contributed by atoms with Crippen molar-refractivity contribution in [1.82, 2.24) is 5.32 Å². The second-order valence-electron chi connectivity index (χ2n) is 5.68. The molecule has 3 nitrogen and oxygen atoms in total. The molecular formula is C14H28N2O. The Morgan fingerprint density at radius 3 is 2.65 bits per heavy atom. The van der Waals surface area contributed by atoms with Gasteiger partial charge in [-0.05, 0) is 44.1 Å². The van der Waals surface area contributed by atoms with Gasteiger partial charge in [-0.15, -0.1) is 0 Å². The topological polar surface area (TPSA) is 55.1 Å². The van der Waals surface area contributed by atoms with Gasteiger partial charge >= 0.3 is 0 Å². The smallest absolute Gasteiger partial charge is 0.217 e. The molecule has 0 aromatic heterocycles. The van der Waals surface area contributed by atoms with Crippen molar-refractivity contribution in [1.29, 1.82) is 0 Å². The maximum Gasteiger partial charge on any atom is 0.217 e. The summed E-state index contributed by atoms with van der Waals surface area (Å²) in [5.74, 6) is 1.43. The van der Waals surface area contributed by atoms with E-state index >= 15 is 0 Å². The van der Waals surface area contributed by atoms with Crippen LogP contribution >= 0.6 is 0 Å². The first-order valence-electron chi connectivity index (χ1n) is 7.13. The van der Waals surface area contributed by atoms with E-state index in [9.17, 15) is 4.79 Å². The maximum absolute atomic E-state index is 10.6. The number of hydrogen-bond donors (Lipinski definition) is 2. The first kappa shape index (κ1) is 14.5. The van der Waals surface area contributed by atoms with Crippen LogP contribution in [0.3, 0.4) is 0 Å². The summed E-state index contributed by atoms with van der Waals surface area (Å²) in [5.41, 5.74) is 5.12. The van der Waals surface area contributed by atoms with Crippen LogP contribution in [0.5, 0.6) is 0 Å². The van der Waals surface area contributed by atoms with Gasteiger partial charge in [0.1, 0.15) is 0 Å². The van der Waals surface area contributed by atoms with E-state index < -0.39 is 0 Å². The first-order chi connectivity index (χ1) is 8.11. The summed E-state index contributed by atoms with van der Waals surface area (Å²) in [6.45, 7) is 5.69. The first-order valence-corrected chi connectivity index (χ1v) is 7.13. The van der Waals surface area contributed by atoms with Crippen LogP contribution in [-0.4, -0.2) is 18.5 Å². The van der Waals surface area contributed by atoms with Crippen molar-refractivity contribution in [3.05, 3.63) is 0 Å². The number of unbranched alkanes of at least 4 members (excludes halogenated alkanes) is 1. The molecule has 0 radical (unpaired) electrons. The van der Waals surface area contributed by atoms with Crippen molar-refractivity contribution < 1.29 is 4.79 Å². The van der Waals surface area contributed by atoms with Crippen molar-refractivity contribution in [2.45, 2.75) is 64.8 Å². The predicted octanol–water partition coefficient (Wildman–Crippen LogP) is 2.45. The van der Waals surface area contributed by atoms with E-state index in [2.05, 4.69) is 19.2 Å². The molecular weight excluding hydrogens is 212 g/mol. The SMILES string of the molecule is CC(C)C1CCCCC1NCCCCC(N)=O. The molecule has 3 heteroatoms. The molecule has 1 aliphatic carbocycles. The van der Waals surface area contributed by atoms with E-state index in [1.807, 2.05) is 0 Å². The van der Waals surface area contributed by atoms with Crippen LogP contribution in [0.2, 0.25) is 0 Å². The van der Waals surface area contributed by atoms with Crippen LogP contribution in [0.25, 0.3) is 0 Å². The highest BCUT2D eigenvalue weighted by Gasteiger charge is 2.26. The standard InChI is InChI=1S/C14H28N2O/c1-11(2)12-7-3-4-8-13(12)16-10-6-5-9-14(15)17/h11-13,16H,3-10H2,1-2H3,(H2,15,17). The van der Waals surface area contributed by atoms with Gasteiger partial charge in [0.2, 0.25) is 5.91 Å². The van der Waals surface area contributed by atoms with Gasteiger partial charge in [-0.1, -0.05) is 26.7 Å². The lowest BCUT2D eigenvalue weighted by Gasteiger charge is -2.35. The van der Waals surface area contributed by atoms with Crippen molar-refractivity contribution >= 4 is 5.91 Å². The highest BCUT2D eigenvalue weighted by molar-refractivity contribution is 5.73. The number of carbonyl (C=O) groups is 1. The van der Waals surface area contributed by atoms with E-state index in [1.165, 1.54) is 25.7 Å². The molecule has 0 spiro atoms. The molecule has 0 saturated heterocycles. The van der Waals surface area contributed by atoms with Crippen LogP contribution in [-0.2, 0) is 4.79 Å². The molecule has 2 unspecified atom stereocenters. The summed E-state index contributed by atoms with van der Waals surface area (Å²) < 4.78 is 0. The Balaban J connectivity index is 2.17. The largest absolute Gasteiger partial charge is 0.370 e. The Morgan fingerprint density at radius 2 is 2.00 bits per heavy atom. The third-order valence-electron chi connectivity index (χ3n) is 3.93. The molecule has 0 aromatic carbocycles. The van der Waals surface area contributed by atoms with Gasteiger partial charge in [0.15, 0.2) is 0 Å². The number of carbonyl (C=O) groups excluding carboxylic acids is 1. The van der Waals surface area contributed by atoms with E-state index in [0.29, 0.717) is 12.5 Å². The molecule has 2 atom stereocenters. The van der Waals surface area contributed by atoms with Crippen LogP contribution < -0.4 is 11.1 Å². The summed E-state index contributed by atoms with van der Waals surface area (Å²) in [4.78, 5) is 10.6. The lowest BCUT2D eigenvalue weighted by molar-refractivity contribution is -0.118. The monoisotopic (exact) mass is 240 g/mol. The number of hydrogen-bond acceptors (Lipinski definition) is 2. The minimum atomic E-state index is -0.178. The van der Waals surface area contributed by atoms with Crippen molar-refractivity contribution in [2.75, 3.05) is 6.54 Å². The molecule has 3 N–H and O–H groups in total. The molecule has 0 aromatic rings. The zero-order chi connectivity index (χ0) is 12.7. The third kappa shape index (κ3) is 5.53. The van der Waals surface area contributed by atoms with Crippen molar-refractivity contribution in [3.8, 4) is 0 Å². The molecule has 1 amide bonds. The molecule has 1 rings (SSSR count). The fourth-order valence-corrected chi connectivity index (χ4v) is 2.92. The second kappa shape index (κ2) is 7.70. The maximum atomic E-state index is 10.6. The van der Waals surface area contributed by atoms with E-state index in [1.54, 1.807) is 0 Å². The summed E-state index contributed by atoms with van der Waals surface area (Å²) in [5, 5.41) is 3.67. The molecule has 0 heterocycles. The quantitative estimate of drug-likeness (QED) is 0.672. The van der Waals surface area contributed by atoms with Gasteiger partial charge in [0.25, 0.3) is 0 Å². The fourth-order valence-electron chi connectivity index (χ4n) is 2.92. The highest BCUT2D eigenvalue weighted by Crippen LogP contribution is 2.30. The number of nitrogens with two attached hydrogens (primary N) is 1. The lowest BCUT2D eigenvalue weighted by atomic mass is 9.78. The van der Waals surface area contributed by atoms with Gasteiger partial charge in [-0.2, -0.15) is 0 Å². The van der Waals surface area contributed by atoms with Gasteiger partial charge < -0.3 is 11.1 Å². The van der Waals surface area contributed by atoms with Crippen molar-refractivity contribution in [2.24, 2.45) is 17.6 Å². The Bertz CT molecular complexity index is 228. The molecule has 100 valence electrons. The third-order valence-corrected chi connectivity index (χ3v) is 3.93. The molecule has 1 aliphatic rings. The van der Waals surface area contributed by atoms with Gasteiger partial charge in [-0.3, -0.25) is 4.79 Å². The zero-order valence-corrected chi connectivity index (χ0v) is 11.4. The Labute approximate surface area is 106 Å². The fraction of sp³-hybridized carbons (Fsp3) is 0.929. The zero-order valence-electron chi connectivity index (χ0n) is 11.4. The Morgan fingerprint density at radius 1 is 1.29 bits per heavy atom. The number of rotatable bonds is 7. The Hall–Kier alpha value is -0.570. The summed E-state index contributed by atoms with van der Waals surface area (Å²) in [6.07, 6.45) is 7.95. The average Bonchev–Trinajstić information content (AvgIpc) is 2.28. The van der Waals surface area contributed by atoms with E-state index in [4.69, 9.17) is 5.73 Å². The van der Waals surface area contributed by atoms with Gasteiger partial charge in [0.05, 0.1) is 0 Å². The molecule has 0 aliphatic heterocycles. The Kier molecular flexibility index (Phi) is 6.56. The molecule has 1 saturated carbocycles. The van der Waals surface area contributed by atoms with Crippen LogP contribution in [0.1, 0.15) is 58.8 Å². The predicted molar refractivity (Wildman–Crippen MR) is 71.6 cm³/mol. The molecule has 1 fully saturated rings. The summed E-state index contributed by atoms with van der Waals surface area (Å²) in [7, 11) is 0. The number of amides is 1. The molecule has 17 heavy (non-hydrogen) atoms. The van der Waals surface area contributed by atoms with Crippen LogP contribution in [0.15, 0.2) is 0 Å². The minimum Gasteiger partial charge on any atom is -0.370 e.